The van der Waals surface area contributed by atoms with Crippen molar-refractivity contribution in [2.24, 2.45) is 0 Å². The number of hydrogen-bond acceptors (Lipinski definition) is 5. The number of benzene rings is 2. The van der Waals surface area contributed by atoms with E-state index in [2.05, 4.69) is 20.3 Å². The molecule has 0 unspecified atom stereocenters. The number of aromatic nitrogens is 4. The summed E-state index contributed by atoms with van der Waals surface area (Å²) >= 11 is 0. The summed E-state index contributed by atoms with van der Waals surface area (Å²) in [5, 5.41) is 3.99. The molecule has 0 saturated carbocycles. The number of halogens is 1. The minimum atomic E-state index is -0.342. The molecule has 7 heteroatoms. The highest BCUT2D eigenvalue weighted by Crippen LogP contribution is 2.22. The molecule has 2 aromatic carbocycles. The lowest BCUT2D eigenvalue weighted by Crippen LogP contribution is -2.14. The number of imidazole rings is 1. The summed E-state index contributed by atoms with van der Waals surface area (Å²) in [4.78, 5) is 13.0. The molecule has 0 aliphatic rings. The molecule has 0 atom stereocenters. The summed E-state index contributed by atoms with van der Waals surface area (Å²) in [5.74, 6) is 1.51. The number of hydrogen-bond donors (Lipinski definition) is 1. The Balaban J connectivity index is 1.56. The van der Waals surface area contributed by atoms with E-state index in [-0.39, 0.29) is 5.82 Å². The molecule has 2 heterocycles. The first-order valence-corrected chi connectivity index (χ1v) is 8.17. The fourth-order valence-corrected chi connectivity index (χ4v) is 2.57. The Morgan fingerprint density at radius 1 is 1.08 bits per heavy atom. The second-order valence-corrected chi connectivity index (χ2v) is 5.59. The molecule has 4 aromatic rings. The van der Waals surface area contributed by atoms with Gasteiger partial charge in [-0.25, -0.2) is 14.4 Å². The van der Waals surface area contributed by atoms with Crippen LogP contribution in [0, 0.1) is 5.82 Å². The summed E-state index contributed by atoms with van der Waals surface area (Å²) in [6, 6.07) is 14.0. The first kappa shape index (κ1) is 16.0. The molecule has 130 valence electrons. The minimum Gasteiger partial charge on any atom is -0.492 e. The SMILES string of the molecule is Fc1ccc2c(NCCOc3ccccc3)nc(-n3ccnc3)nc2c1. The summed E-state index contributed by atoms with van der Waals surface area (Å²) in [7, 11) is 0. The zero-order valence-corrected chi connectivity index (χ0v) is 13.8. The van der Waals surface area contributed by atoms with Gasteiger partial charge in [-0.1, -0.05) is 18.2 Å². The number of anilines is 1. The molecule has 6 nitrogen and oxygen atoms in total. The summed E-state index contributed by atoms with van der Waals surface area (Å²) in [5.41, 5.74) is 0.523. The Hall–Kier alpha value is -3.48. The average molecular weight is 349 g/mol. The third-order valence-electron chi connectivity index (χ3n) is 3.79. The average Bonchev–Trinajstić information content (AvgIpc) is 3.20. The normalized spacial score (nSPS) is 10.8. The summed E-state index contributed by atoms with van der Waals surface area (Å²) < 4.78 is 21.0. The van der Waals surface area contributed by atoms with Crippen LogP contribution in [0.5, 0.6) is 5.75 Å². The summed E-state index contributed by atoms with van der Waals surface area (Å²) in [6.07, 6.45) is 4.98. The van der Waals surface area contributed by atoms with Crippen LogP contribution in [0.3, 0.4) is 0 Å². The van der Waals surface area contributed by atoms with Gasteiger partial charge in [0, 0.05) is 23.8 Å². The summed E-state index contributed by atoms with van der Waals surface area (Å²) in [6.45, 7) is 1.01. The Labute approximate surface area is 149 Å². The van der Waals surface area contributed by atoms with Gasteiger partial charge < -0.3 is 10.1 Å². The predicted molar refractivity (Wildman–Crippen MR) is 97.0 cm³/mol. The van der Waals surface area contributed by atoms with Gasteiger partial charge in [0.05, 0.1) is 12.1 Å². The van der Waals surface area contributed by atoms with E-state index in [9.17, 15) is 4.39 Å². The molecule has 0 spiro atoms. The number of rotatable bonds is 6. The van der Waals surface area contributed by atoms with Crippen molar-refractivity contribution in [3.63, 3.8) is 0 Å². The lowest BCUT2D eigenvalue weighted by atomic mass is 10.2. The topological polar surface area (TPSA) is 64.9 Å². The van der Waals surface area contributed by atoms with Crippen molar-refractivity contribution >= 4 is 16.7 Å². The number of fused-ring (bicyclic) bond motifs is 1. The van der Waals surface area contributed by atoms with Crippen molar-refractivity contribution in [2.75, 3.05) is 18.5 Å². The van der Waals surface area contributed by atoms with Crippen molar-refractivity contribution in [1.82, 2.24) is 19.5 Å². The van der Waals surface area contributed by atoms with E-state index in [1.165, 1.54) is 12.1 Å². The number of ether oxygens (including phenoxy) is 1. The fourth-order valence-electron chi connectivity index (χ4n) is 2.57. The maximum absolute atomic E-state index is 13.6. The van der Waals surface area contributed by atoms with Crippen molar-refractivity contribution in [1.29, 1.82) is 0 Å². The van der Waals surface area contributed by atoms with Crippen molar-refractivity contribution in [3.8, 4) is 11.7 Å². The fraction of sp³-hybridized carbons (Fsp3) is 0.105. The van der Waals surface area contributed by atoms with Gasteiger partial charge in [-0.15, -0.1) is 0 Å². The van der Waals surface area contributed by atoms with E-state index >= 15 is 0 Å². The quantitative estimate of drug-likeness (QED) is 0.540. The van der Waals surface area contributed by atoms with Crippen LogP contribution in [0.2, 0.25) is 0 Å². The van der Waals surface area contributed by atoms with E-state index in [1.54, 1.807) is 29.4 Å². The monoisotopic (exact) mass is 349 g/mol. The van der Waals surface area contributed by atoms with Crippen LogP contribution in [0.25, 0.3) is 16.9 Å². The van der Waals surface area contributed by atoms with Crippen LogP contribution >= 0.6 is 0 Å². The van der Waals surface area contributed by atoms with Gasteiger partial charge in [0.25, 0.3) is 0 Å². The molecule has 0 fully saturated rings. The number of nitrogens with zero attached hydrogens (tertiary/aromatic N) is 4. The van der Waals surface area contributed by atoms with Crippen LogP contribution in [-0.2, 0) is 0 Å². The molecule has 26 heavy (non-hydrogen) atoms. The van der Waals surface area contributed by atoms with E-state index in [0.29, 0.717) is 30.4 Å². The standard InChI is InChI=1S/C19H16FN5O/c20-14-6-7-16-17(12-14)23-19(25-10-8-21-13-25)24-18(16)22-9-11-26-15-4-2-1-3-5-15/h1-8,10,12-13H,9,11H2,(H,22,23,24). The van der Waals surface area contributed by atoms with Gasteiger partial charge in [-0.3, -0.25) is 4.57 Å². The largest absolute Gasteiger partial charge is 0.492 e. The Bertz CT molecular complexity index is 1010. The number of para-hydroxylation sites is 1. The molecule has 1 N–H and O–H groups in total. The first-order valence-electron chi connectivity index (χ1n) is 8.17. The van der Waals surface area contributed by atoms with Crippen LogP contribution < -0.4 is 10.1 Å². The third-order valence-corrected chi connectivity index (χ3v) is 3.79. The second-order valence-electron chi connectivity index (χ2n) is 5.59. The maximum Gasteiger partial charge on any atom is 0.237 e. The molecule has 0 bridgehead atoms. The molecular formula is C19H16FN5O. The first-order chi connectivity index (χ1) is 12.8. The van der Waals surface area contributed by atoms with Gasteiger partial charge >= 0.3 is 0 Å². The van der Waals surface area contributed by atoms with Crippen molar-refractivity contribution < 1.29 is 9.13 Å². The van der Waals surface area contributed by atoms with Crippen molar-refractivity contribution in [2.45, 2.75) is 0 Å². The molecule has 4 rings (SSSR count). The second kappa shape index (κ2) is 7.18. The van der Waals surface area contributed by atoms with E-state index in [0.717, 1.165) is 11.1 Å². The van der Waals surface area contributed by atoms with Crippen LogP contribution in [-0.4, -0.2) is 32.7 Å². The van der Waals surface area contributed by atoms with Gasteiger partial charge in [-0.05, 0) is 24.3 Å². The molecule has 0 aliphatic carbocycles. The van der Waals surface area contributed by atoms with E-state index < -0.39 is 0 Å². The van der Waals surface area contributed by atoms with Crippen LogP contribution in [0.1, 0.15) is 0 Å². The third kappa shape index (κ3) is 3.46. The molecule has 0 saturated heterocycles. The highest BCUT2D eigenvalue weighted by molar-refractivity contribution is 5.89. The van der Waals surface area contributed by atoms with Gasteiger partial charge in [0.2, 0.25) is 5.95 Å². The molecular weight excluding hydrogens is 333 g/mol. The molecule has 2 aromatic heterocycles. The molecule has 0 aliphatic heterocycles. The van der Waals surface area contributed by atoms with E-state index in [1.807, 2.05) is 30.3 Å². The lowest BCUT2D eigenvalue weighted by Gasteiger charge is -2.12. The maximum atomic E-state index is 13.6. The Morgan fingerprint density at radius 3 is 2.77 bits per heavy atom. The lowest BCUT2D eigenvalue weighted by molar-refractivity contribution is 0.333. The van der Waals surface area contributed by atoms with E-state index in [4.69, 9.17) is 4.74 Å². The zero-order valence-electron chi connectivity index (χ0n) is 13.8. The van der Waals surface area contributed by atoms with Crippen LogP contribution in [0.15, 0.2) is 67.3 Å². The minimum absolute atomic E-state index is 0.342. The van der Waals surface area contributed by atoms with Crippen molar-refractivity contribution in [3.05, 3.63) is 73.1 Å². The Morgan fingerprint density at radius 2 is 1.96 bits per heavy atom. The molecule has 0 radical (unpaired) electrons. The highest BCUT2D eigenvalue weighted by atomic mass is 19.1. The Kier molecular flexibility index (Phi) is 4.42. The van der Waals surface area contributed by atoms with Gasteiger partial charge in [-0.2, -0.15) is 4.98 Å². The zero-order chi connectivity index (χ0) is 17.8. The molecule has 0 amide bonds. The predicted octanol–water partition coefficient (Wildman–Crippen LogP) is 3.45. The van der Waals surface area contributed by atoms with Gasteiger partial charge in [0.1, 0.15) is 30.3 Å². The van der Waals surface area contributed by atoms with Crippen LogP contribution in [0.4, 0.5) is 10.2 Å². The smallest absolute Gasteiger partial charge is 0.237 e. The van der Waals surface area contributed by atoms with Gasteiger partial charge in [0.15, 0.2) is 0 Å². The number of nitrogens with one attached hydrogen (secondary N) is 1. The highest BCUT2D eigenvalue weighted by Gasteiger charge is 2.10.